The first kappa shape index (κ1) is 17.8. The largest absolute Gasteiger partial charge is 0.494 e. The van der Waals surface area contributed by atoms with Gasteiger partial charge in [0.2, 0.25) is 10.0 Å². The van der Waals surface area contributed by atoms with Crippen molar-refractivity contribution in [3.63, 3.8) is 0 Å². The molecule has 0 unspecified atom stereocenters. The van der Waals surface area contributed by atoms with Crippen molar-refractivity contribution in [1.29, 1.82) is 0 Å². The molecule has 0 bridgehead atoms. The summed E-state index contributed by atoms with van der Waals surface area (Å²) in [5.74, 6) is 0.658. The van der Waals surface area contributed by atoms with Crippen molar-refractivity contribution in [2.45, 2.75) is 24.7 Å². The number of rotatable bonds is 8. The summed E-state index contributed by atoms with van der Waals surface area (Å²) in [4.78, 5) is 0.235. The maximum Gasteiger partial charge on any atom is 0.240 e. The third-order valence-corrected chi connectivity index (χ3v) is 5.16. The number of nitrogens with one attached hydrogen (secondary N) is 1. The van der Waals surface area contributed by atoms with Gasteiger partial charge in [-0.1, -0.05) is 29.8 Å². The van der Waals surface area contributed by atoms with Crippen LogP contribution in [0.15, 0.2) is 53.4 Å². The molecule has 0 heterocycles. The predicted molar refractivity (Wildman–Crippen MR) is 92.6 cm³/mol. The summed E-state index contributed by atoms with van der Waals surface area (Å²) >= 11 is 6.08. The van der Waals surface area contributed by atoms with Crippen molar-refractivity contribution >= 4 is 21.6 Å². The number of hydrogen-bond acceptors (Lipinski definition) is 3. The molecule has 0 saturated carbocycles. The van der Waals surface area contributed by atoms with Gasteiger partial charge in [-0.25, -0.2) is 13.1 Å². The molecule has 2 aromatic rings. The van der Waals surface area contributed by atoms with E-state index in [4.69, 9.17) is 16.3 Å². The summed E-state index contributed by atoms with van der Waals surface area (Å²) in [5.41, 5.74) is 1.02. The van der Waals surface area contributed by atoms with E-state index in [1.165, 1.54) is 0 Å². The van der Waals surface area contributed by atoms with E-state index >= 15 is 0 Å². The zero-order chi connectivity index (χ0) is 16.7. The molecule has 0 amide bonds. The van der Waals surface area contributed by atoms with Crippen LogP contribution in [-0.2, 0) is 16.4 Å². The molecule has 1 N–H and O–H groups in total. The van der Waals surface area contributed by atoms with Crippen molar-refractivity contribution < 1.29 is 13.2 Å². The van der Waals surface area contributed by atoms with E-state index in [0.29, 0.717) is 30.3 Å². The van der Waals surface area contributed by atoms with Gasteiger partial charge < -0.3 is 4.74 Å². The standard InChI is InChI=1S/C17H20ClNO3S/c1-2-22-15-9-11-16(12-10-15)23(20,21)19-13-5-7-14-6-3-4-8-17(14)18/h3-4,6,8-12,19H,2,5,7,13H2,1H3. The molecule has 0 aromatic heterocycles. The third kappa shape index (κ3) is 5.23. The number of halogens is 1. The van der Waals surface area contributed by atoms with Crippen LogP contribution in [-0.4, -0.2) is 21.6 Å². The molecule has 0 aliphatic rings. The van der Waals surface area contributed by atoms with Crippen molar-refractivity contribution in [3.05, 3.63) is 59.1 Å². The van der Waals surface area contributed by atoms with E-state index in [9.17, 15) is 8.42 Å². The smallest absolute Gasteiger partial charge is 0.240 e. The zero-order valence-corrected chi connectivity index (χ0v) is 14.5. The Balaban J connectivity index is 1.87. The molecule has 0 aliphatic carbocycles. The molecule has 6 heteroatoms. The number of aryl methyl sites for hydroxylation is 1. The van der Waals surface area contributed by atoms with E-state index in [0.717, 1.165) is 12.0 Å². The minimum atomic E-state index is -3.50. The van der Waals surface area contributed by atoms with Gasteiger partial charge in [-0.2, -0.15) is 0 Å². The Morgan fingerprint density at radius 2 is 1.78 bits per heavy atom. The minimum Gasteiger partial charge on any atom is -0.494 e. The lowest BCUT2D eigenvalue weighted by Gasteiger charge is -2.08. The van der Waals surface area contributed by atoms with Gasteiger partial charge in [0.1, 0.15) is 5.75 Å². The monoisotopic (exact) mass is 353 g/mol. The second-order valence-corrected chi connectivity index (χ2v) is 7.17. The lowest BCUT2D eigenvalue weighted by Crippen LogP contribution is -2.25. The Kier molecular flexibility index (Phi) is 6.45. The lowest BCUT2D eigenvalue weighted by molar-refractivity contribution is 0.340. The molecule has 4 nitrogen and oxygen atoms in total. The van der Waals surface area contributed by atoms with Crippen LogP contribution in [0.3, 0.4) is 0 Å². The van der Waals surface area contributed by atoms with Crippen LogP contribution in [0.25, 0.3) is 0 Å². The highest BCUT2D eigenvalue weighted by molar-refractivity contribution is 7.89. The first-order valence-corrected chi connectivity index (χ1v) is 9.35. The number of sulfonamides is 1. The fourth-order valence-electron chi connectivity index (χ4n) is 2.15. The van der Waals surface area contributed by atoms with Crippen LogP contribution in [0.2, 0.25) is 5.02 Å². The number of ether oxygens (including phenoxy) is 1. The average molecular weight is 354 g/mol. The highest BCUT2D eigenvalue weighted by Gasteiger charge is 2.13. The maximum absolute atomic E-state index is 12.2. The molecular formula is C17H20ClNO3S. The molecule has 0 radical (unpaired) electrons. The average Bonchev–Trinajstić information content (AvgIpc) is 2.54. The van der Waals surface area contributed by atoms with Gasteiger partial charge in [-0.3, -0.25) is 0 Å². The van der Waals surface area contributed by atoms with E-state index in [1.807, 2.05) is 31.2 Å². The fraction of sp³-hybridized carbons (Fsp3) is 0.294. The topological polar surface area (TPSA) is 55.4 Å². The highest BCUT2D eigenvalue weighted by atomic mass is 35.5. The molecule has 2 aromatic carbocycles. The second kappa shape index (κ2) is 8.34. The minimum absolute atomic E-state index is 0.235. The molecule has 23 heavy (non-hydrogen) atoms. The molecule has 0 saturated heterocycles. The van der Waals surface area contributed by atoms with E-state index < -0.39 is 10.0 Å². The predicted octanol–water partition coefficient (Wildman–Crippen LogP) is 3.65. The summed E-state index contributed by atoms with van der Waals surface area (Å²) in [6.07, 6.45) is 1.41. The Morgan fingerprint density at radius 1 is 1.09 bits per heavy atom. The van der Waals surface area contributed by atoms with Crippen LogP contribution in [0.1, 0.15) is 18.9 Å². The Bertz CT molecular complexity index is 730. The Hall–Kier alpha value is -1.56. The van der Waals surface area contributed by atoms with Gasteiger partial charge >= 0.3 is 0 Å². The van der Waals surface area contributed by atoms with Crippen LogP contribution >= 0.6 is 11.6 Å². The second-order valence-electron chi connectivity index (χ2n) is 5.00. The van der Waals surface area contributed by atoms with Crippen molar-refractivity contribution in [2.75, 3.05) is 13.2 Å². The molecule has 0 spiro atoms. The summed E-state index contributed by atoms with van der Waals surface area (Å²) in [7, 11) is -3.50. The Labute approximate surface area is 142 Å². The Morgan fingerprint density at radius 3 is 2.43 bits per heavy atom. The summed E-state index contributed by atoms with van der Waals surface area (Å²) in [6, 6.07) is 14.0. The number of benzene rings is 2. The van der Waals surface area contributed by atoms with Crippen LogP contribution in [0.4, 0.5) is 0 Å². The number of hydrogen-bond donors (Lipinski definition) is 1. The summed E-state index contributed by atoms with van der Waals surface area (Å²) < 4.78 is 32.3. The SMILES string of the molecule is CCOc1ccc(S(=O)(=O)NCCCc2ccccc2Cl)cc1. The molecule has 0 aliphatic heterocycles. The van der Waals surface area contributed by atoms with E-state index in [2.05, 4.69) is 4.72 Å². The first-order chi connectivity index (χ1) is 11.0. The van der Waals surface area contributed by atoms with Crippen molar-refractivity contribution in [2.24, 2.45) is 0 Å². The zero-order valence-electron chi connectivity index (χ0n) is 13.0. The fourth-order valence-corrected chi connectivity index (χ4v) is 3.46. The van der Waals surface area contributed by atoms with Gasteiger partial charge in [-0.15, -0.1) is 0 Å². The first-order valence-electron chi connectivity index (χ1n) is 7.49. The molecule has 2 rings (SSSR count). The lowest BCUT2D eigenvalue weighted by atomic mass is 10.1. The third-order valence-electron chi connectivity index (χ3n) is 3.32. The summed E-state index contributed by atoms with van der Waals surface area (Å²) in [5, 5.41) is 0.710. The van der Waals surface area contributed by atoms with Crippen LogP contribution in [0.5, 0.6) is 5.75 Å². The van der Waals surface area contributed by atoms with Gasteiger partial charge in [-0.05, 0) is 55.7 Å². The molecule has 124 valence electrons. The summed E-state index contributed by atoms with van der Waals surface area (Å²) in [6.45, 7) is 2.79. The molecule has 0 fully saturated rings. The highest BCUT2D eigenvalue weighted by Crippen LogP contribution is 2.17. The van der Waals surface area contributed by atoms with Crippen LogP contribution < -0.4 is 9.46 Å². The maximum atomic E-state index is 12.2. The van der Waals surface area contributed by atoms with E-state index in [1.54, 1.807) is 24.3 Å². The van der Waals surface area contributed by atoms with Gasteiger partial charge in [0, 0.05) is 11.6 Å². The van der Waals surface area contributed by atoms with Crippen molar-refractivity contribution in [1.82, 2.24) is 4.72 Å². The molecular weight excluding hydrogens is 334 g/mol. The van der Waals surface area contributed by atoms with Gasteiger partial charge in [0.25, 0.3) is 0 Å². The van der Waals surface area contributed by atoms with E-state index in [-0.39, 0.29) is 4.90 Å². The van der Waals surface area contributed by atoms with Crippen LogP contribution in [0, 0.1) is 0 Å². The van der Waals surface area contributed by atoms with Crippen molar-refractivity contribution in [3.8, 4) is 5.75 Å². The molecule has 0 atom stereocenters. The quantitative estimate of drug-likeness (QED) is 0.737. The van der Waals surface area contributed by atoms with Gasteiger partial charge in [0.15, 0.2) is 0 Å². The van der Waals surface area contributed by atoms with Gasteiger partial charge in [0.05, 0.1) is 11.5 Å². The normalized spacial score (nSPS) is 11.4.